The van der Waals surface area contributed by atoms with Crippen LogP contribution in [0.15, 0.2) is 30.3 Å². The minimum Gasteiger partial charge on any atom is -0.368 e. The lowest BCUT2D eigenvalue weighted by molar-refractivity contribution is -0.128. The van der Waals surface area contributed by atoms with E-state index in [9.17, 15) is 14.4 Å². The zero-order valence-electron chi connectivity index (χ0n) is 11.6. The minimum atomic E-state index is -0.776. The molecule has 1 atom stereocenters. The van der Waals surface area contributed by atoms with Gasteiger partial charge in [-0.1, -0.05) is 30.3 Å². The summed E-state index contributed by atoms with van der Waals surface area (Å²) in [6.45, 7) is 1.44. The first-order chi connectivity index (χ1) is 9.49. The van der Waals surface area contributed by atoms with Crippen molar-refractivity contribution in [3.63, 3.8) is 0 Å². The number of hydrogen-bond acceptors (Lipinski definition) is 3. The highest BCUT2D eigenvalue weighted by atomic mass is 16.2. The number of benzene rings is 1. The summed E-state index contributed by atoms with van der Waals surface area (Å²) in [6, 6.07) is 8.83. The van der Waals surface area contributed by atoms with Crippen LogP contribution in [0.1, 0.15) is 31.7 Å². The number of carbonyl (C=O) groups excluding carboxylic acids is 3. The topological polar surface area (TPSA) is 89.3 Å². The number of rotatable bonds is 8. The van der Waals surface area contributed by atoms with Crippen molar-refractivity contribution in [3.8, 4) is 0 Å². The van der Waals surface area contributed by atoms with Gasteiger partial charge in [-0.3, -0.25) is 9.59 Å². The van der Waals surface area contributed by atoms with Crippen molar-refractivity contribution < 1.29 is 14.4 Å². The fraction of sp³-hybridized carbons (Fsp3) is 0.400. The third-order valence-corrected chi connectivity index (χ3v) is 2.95. The summed E-state index contributed by atoms with van der Waals surface area (Å²) in [6.07, 6.45) is 1.37. The zero-order valence-corrected chi connectivity index (χ0v) is 11.6. The lowest BCUT2D eigenvalue weighted by Crippen LogP contribution is -2.44. The van der Waals surface area contributed by atoms with Crippen molar-refractivity contribution in [1.82, 2.24) is 5.32 Å². The Morgan fingerprint density at radius 2 is 1.80 bits per heavy atom. The monoisotopic (exact) mass is 276 g/mol. The Bertz CT molecular complexity index is 471. The molecule has 0 radical (unpaired) electrons. The van der Waals surface area contributed by atoms with Gasteiger partial charge < -0.3 is 15.8 Å². The van der Waals surface area contributed by atoms with Crippen molar-refractivity contribution in [2.75, 3.05) is 0 Å². The summed E-state index contributed by atoms with van der Waals surface area (Å²) in [7, 11) is 0. The van der Waals surface area contributed by atoms with Gasteiger partial charge in [0.1, 0.15) is 11.8 Å². The molecule has 1 aromatic rings. The summed E-state index contributed by atoms with van der Waals surface area (Å²) in [5.74, 6) is -0.879. The average Bonchev–Trinajstić information content (AvgIpc) is 2.41. The predicted molar refractivity (Wildman–Crippen MR) is 75.8 cm³/mol. The third-order valence-electron chi connectivity index (χ3n) is 2.95. The van der Waals surface area contributed by atoms with Crippen molar-refractivity contribution in [3.05, 3.63) is 35.9 Å². The number of aryl methyl sites for hydroxylation is 1. The summed E-state index contributed by atoms with van der Waals surface area (Å²) in [4.78, 5) is 33.9. The summed E-state index contributed by atoms with van der Waals surface area (Å²) >= 11 is 0. The maximum atomic E-state index is 11.8. The van der Waals surface area contributed by atoms with Crippen LogP contribution in [0.2, 0.25) is 0 Å². The Labute approximate surface area is 118 Å². The molecule has 0 aliphatic carbocycles. The van der Waals surface area contributed by atoms with Gasteiger partial charge in [-0.05, 0) is 25.3 Å². The van der Waals surface area contributed by atoms with Crippen molar-refractivity contribution >= 4 is 17.6 Å². The number of carbonyl (C=O) groups is 3. The van der Waals surface area contributed by atoms with E-state index >= 15 is 0 Å². The molecular formula is C15H20N2O3. The van der Waals surface area contributed by atoms with E-state index in [1.54, 1.807) is 0 Å². The standard InChI is InChI=1S/C15H20N2O3/c1-11(18)7-9-13(15(16)20)17-14(19)10-8-12-5-3-2-4-6-12/h2-6,13H,7-10H2,1H3,(H2,16,20)(H,17,19)/t13-/m1/s1. The largest absolute Gasteiger partial charge is 0.368 e. The van der Waals surface area contributed by atoms with E-state index < -0.39 is 11.9 Å². The van der Waals surface area contributed by atoms with Crippen LogP contribution >= 0.6 is 0 Å². The van der Waals surface area contributed by atoms with Crippen LogP contribution in [0.4, 0.5) is 0 Å². The van der Waals surface area contributed by atoms with Crippen molar-refractivity contribution in [2.24, 2.45) is 5.73 Å². The third kappa shape index (κ3) is 6.13. The number of primary amides is 1. The molecule has 1 rings (SSSR count). The van der Waals surface area contributed by atoms with Crippen LogP contribution in [-0.2, 0) is 20.8 Å². The van der Waals surface area contributed by atoms with Gasteiger partial charge in [0.15, 0.2) is 0 Å². The Hall–Kier alpha value is -2.17. The van der Waals surface area contributed by atoms with Crippen LogP contribution in [-0.4, -0.2) is 23.6 Å². The molecule has 0 aromatic heterocycles. The van der Waals surface area contributed by atoms with Gasteiger partial charge in [0, 0.05) is 12.8 Å². The molecule has 20 heavy (non-hydrogen) atoms. The molecule has 3 N–H and O–H groups in total. The van der Waals surface area contributed by atoms with Gasteiger partial charge >= 0.3 is 0 Å². The first-order valence-electron chi connectivity index (χ1n) is 6.61. The summed E-state index contributed by atoms with van der Waals surface area (Å²) < 4.78 is 0. The predicted octanol–water partition coefficient (Wildman–Crippen LogP) is 0.959. The highest BCUT2D eigenvalue weighted by Gasteiger charge is 2.18. The van der Waals surface area contributed by atoms with E-state index in [1.807, 2.05) is 30.3 Å². The van der Waals surface area contributed by atoms with Gasteiger partial charge in [-0.15, -0.1) is 0 Å². The Kier molecular flexibility index (Phi) is 6.43. The van der Waals surface area contributed by atoms with Crippen molar-refractivity contribution in [2.45, 2.75) is 38.6 Å². The second kappa shape index (κ2) is 8.09. The molecule has 0 aliphatic heterocycles. The van der Waals surface area contributed by atoms with E-state index in [1.165, 1.54) is 6.92 Å². The molecule has 108 valence electrons. The molecule has 0 saturated heterocycles. The molecule has 0 bridgehead atoms. The van der Waals surface area contributed by atoms with Crippen LogP contribution in [0, 0.1) is 0 Å². The number of ketones is 1. The SMILES string of the molecule is CC(=O)CC[C@@H](NC(=O)CCc1ccccc1)C(N)=O. The number of amides is 2. The second-order valence-electron chi connectivity index (χ2n) is 4.75. The lowest BCUT2D eigenvalue weighted by Gasteiger charge is -2.14. The van der Waals surface area contributed by atoms with E-state index in [0.29, 0.717) is 6.42 Å². The molecule has 5 heteroatoms. The van der Waals surface area contributed by atoms with Gasteiger partial charge in [0.25, 0.3) is 0 Å². The molecule has 0 saturated carbocycles. The maximum absolute atomic E-state index is 11.8. The Balaban J connectivity index is 2.41. The second-order valence-corrected chi connectivity index (χ2v) is 4.75. The van der Waals surface area contributed by atoms with Crippen molar-refractivity contribution in [1.29, 1.82) is 0 Å². The quantitative estimate of drug-likeness (QED) is 0.741. The number of hydrogen-bond donors (Lipinski definition) is 2. The fourth-order valence-corrected chi connectivity index (χ4v) is 1.80. The number of Topliss-reactive ketones (excluding diaryl/α,β-unsaturated/α-hetero) is 1. The van der Waals surface area contributed by atoms with Crippen LogP contribution in [0.25, 0.3) is 0 Å². The molecule has 2 amide bonds. The van der Waals surface area contributed by atoms with Crippen LogP contribution < -0.4 is 11.1 Å². The van der Waals surface area contributed by atoms with E-state index in [-0.39, 0.29) is 31.0 Å². The van der Waals surface area contributed by atoms with E-state index in [4.69, 9.17) is 5.73 Å². The highest BCUT2D eigenvalue weighted by Crippen LogP contribution is 2.03. The van der Waals surface area contributed by atoms with E-state index in [0.717, 1.165) is 5.56 Å². The highest BCUT2D eigenvalue weighted by molar-refractivity contribution is 5.87. The first kappa shape index (κ1) is 15.9. The molecule has 0 spiro atoms. The van der Waals surface area contributed by atoms with E-state index in [2.05, 4.69) is 5.32 Å². The smallest absolute Gasteiger partial charge is 0.240 e. The van der Waals surface area contributed by atoms with Crippen LogP contribution in [0.3, 0.4) is 0 Å². The van der Waals surface area contributed by atoms with Gasteiger partial charge in [-0.25, -0.2) is 0 Å². The molecule has 1 aromatic carbocycles. The fourth-order valence-electron chi connectivity index (χ4n) is 1.80. The molecule has 0 heterocycles. The molecule has 0 fully saturated rings. The van der Waals surface area contributed by atoms with Crippen LogP contribution in [0.5, 0.6) is 0 Å². The molecule has 0 unspecified atom stereocenters. The first-order valence-corrected chi connectivity index (χ1v) is 6.61. The number of nitrogens with one attached hydrogen (secondary N) is 1. The summed E-state index contributed by atoms with van der Waals surface area (Å²) in [5.41, 5.74) is 6.27. The lowest BCUT2D eigenvalue weighted by atomic mass is 10.1. The van der Waals surface area contributed by atoms with Gasteiger partial charge in [0.05, 0.1) is 0 Å². The zero-order chi connectivity index (χ0) is 15.0. The maximum Gasteiger partial charge on any atom is 0.240 e. The van der Waals surface area contributed by atoms with Gasteiger partial charge in [-0.2, -0.15) is 0 Å². The Morgan fingerprint density at radius 1 is 1.15 bits per heavy atom. The normalized spacial score (nSPS) is 11.7. The molecule has 5 nitrogen and oxygen atoms in total. The van der Waals surface area contributed by atoms with Gasteiger partial charge in [0.2, 0.25) is 11.8 Å². The molecule has 0 aliphatic rings. The number of nitrogens with two attached hydrogens (primary N) is 1. The minimum absolute atomic E-state index is 0.0326. The molecular weight excluding hydrogens is 256 g/mol. The average molecular weight is 276 g/mol. The summed E-state index contributed by atoms with van der Waals surface area (Å²) in [5, 5.41) is 2.58. The Morgan fingerprint density at radius 3 is 2.35 bits per heavy atom.